The van der Waals surface area contributed by atoms with Crippen molar-refractivity contribution >= 4 is 46.9 Å². The van der Waals surface area contributed by atoms with Gasteiger partial charge in [-0.3, -0.25) is 0 Å². The number of esters is 2. The molecule has 0 aromatic heterocycles. The van der Waals surface area contributed by atoms with Crippen molar-refractivity contribution in [2.24, 2.45) is 0 Å². The average Bonchev–Trinajstić information content (AvgIpc) is 2.79. The van der Waals surface area contributed by atoms with E-state index in [0.717, 1.165) is 25.7 Å². The Balaban J connectivity index is 0.000000602. The molecular weight excluding hydrogens is 441 g/mol. The van der Waals surface area contributed by atoms with Crippen molar-refractivity contribution < 1.29 is 38.9 Å². The predicted octanol–water partition coefficient (Wildman–Crippen LogP) is 1.63. The minimum Gasteiger partial charge on any atom is -0.545 e. The van der Waals surface area contributed by atoms with Gasteiger partial charge in [0.05, 0.1) is 36.3 Å². The molecule has 0 amide bonds. The summed E-state index contributed by atoms with van der Waals surface area (Å²) in [5, 5.41) is 21.5. The second kappa shape index (κ2) is 16.7. The van der Waals surface area contributed by atoms with Gasteiger partial charge in [0.15, 0.2) is 0 Å². The zero-order valence-corrected chi connectivity index (χ0v) is 20.2. The van der Waals surface area contributed by atoms with Gasteiger partial charge >= 0.3 is 35.0 Å². The molecule has 0 radical (unpaired) electrons. The normalized spacial score (nSPS) is 9.52. The molecule has 0 saturated carbocycles. The summed E-state index contributed by atoms with van der Waals surface area (Å²) < 4.78 is 9.86. The maximum Gasteiger partial charge on any atom is 2.00 e. The van der Waals surface area contributed by atoms with Crippen LogP contribution in [-0.2, 0) is 9.47 Å². The van der Waals surface area contributed by atoms with Crippen molar-refractivity contribution in [3.05, 3.63) is 70.8 Å². The van der Waals surface area contributed by atoms with Crippen LogP contribution in [0.1, 0.15) is 81.0 Å². The van der Waals surface area contributed by atoms with Crippen LogP contribution in [-0.4, -0.2) is 60.1 Å². The molecule has 0 aliphatic heterocycles. The van der Waals surface area contributed by atoms with Gasteiger partial charge < -0.3 is 29.3 Å². The van der Waals surface area contributed by atoms with Crippen LogP contribution in [0.25, 0.3) is 0 Å². The number of rotatable bonds is 10. The van der Waals surface area contributed by atoms with E-state index in [-0.39, 0.29) is 45.3 Å². The fraction of sp³-hybridized carbons (Fsp3) is 0.333. The van der Waals surface area contributed by atoms with E-state index in [1.807, 2.05) is 13.8 Å². The third-order valence-corrected chi connectivity index (χ3v) is 4.20. The molecule has 0 aliphatic rings. The zero-order valence-electron chi connectivity index (χ0n) is 18.8. The number of benzene rings is 2. The first kappa shape index (κ1) is 30.1. The summed E-state index contributed by atoms with van der Waals surface area (Å²) in [5.74, 6) is -3.98. The first-order valence-corrected chi connectivity index (χ1v) is 10.3. The Bertz CT molecular complexity index is 851. The van der Waals surface area contributed by atoms with Gasteiger partial charge in [0.1, 0.15) is 0 Å². The number of hydrogen-bond acceptors (Lipinski definition) is 8. The van der Waals surface area contributed by atoms with Crippen molar-refractivity contribution in [1.29, 1.82) is 0 Å². The Kier molecular flexibility index (Phi) is 15.2. The number of unbranched alkanes of at least 4 members (excludes halogenated alkanes) is 2. The van der Waals surface area contributed by atoms with Gasteiger partial charge in [0, 0.05) is 11.1 Å². The van der Waals surface area contributed by atoms with Gasteiger partial charge in [-0.15, -0.1) is 0 Å². The van der Waals surface area contributed by atoms with E-state index in [0.29, 0.717) is 13.2 Å². The molecule has 2 aromatic rings. The molecule has 8 nitrogen and oxygen atoms in total. The van der Waals surface area contributed by atoms with E-state index < -0.39 is 23.9 Å². The van der Waals surface area contributed by atoms with E-state index in [4.69, 9.17) is 9.47 Å². The van der Waals surface area contributed by atoms with Crippen molar-refractivity contribution in [3.63, 3.8) is 0 Å². The van der Waals surface area contributed by atoms with E-state index in [9.17, 15) is 29.4 Å². The van der Waals surface area contributed by atoms with Crippen LogP contribution in [0.4, 0.5) is 0 Å². The van der Waals surface area contributed by atoms with Crippen molar-refractivity contribution in [1.82, 2.24) is 0 Å². The molecule has 2 rings (SSSR count). The van der Waals surface area contributed by atoms with Crippen LogP contribution in [0.3, 0.4) is 0 Å². The maximum absolute atomic E-state index is 11.5. The monoisotopic (exact) mass is 466 g/mol. The Morgan fingerprint density at radius 2 is 0.939 bits per heavy atom. The first-order valence-electron chi connectivity index (χ1n) is 10.3. The number of carboxylic acids is 2. The van der Waals surface area contributed by atoms with Crippen LogP contribution in [0.5, 0.6) is 0 Å². The van der Waals surface area contributed by atoms with Crippen molar-refractivity contribution in [2.45, 2.75) is 39.5 Å². The van der Waals surface area contributed by atoms with Gasteiger partial charge in [-0.2, -0.15) is 0 Å². The first-order chi connectivity index (χ1) is 15.3. The van der Waals surface area contributed by atoms with Crippen molar-refractivity contribution in [3.8, 4) is 0 Å². The fourth-order valence-corrected chi connectivity index (χ4v) is 2.45. The third-order valence-electron chi connectivity index (χ3n) is 4.20. The summed E-state index contributed by atoms with van der Waals surface area (Å²) in [4.78, 5) is 44.5. The molecule has 2 aromatic carbocycles. The van der Waals surface area contributed by atoms with E-state index in [1.54, 1.807) is 12.1 Å². The van der Waals surface area contributed by atoms with E-state index >= 15 is 0 Å². The van der Waals surface area contributed by atoms with Gasteiger partial charge in [-0.05, 0) is 25.0 Å². The second-order valence-electron chi connectivity index (χ2n) is 6.65. The van der Waals surface area contributed by atoms with Gasteiger partial charge in [0.2, 0.25) is 0 Å². The molecule has 9 heteroatoms. The minimum absolute atomic E-state index is 0. The quantitative estimate of drug-likeness (QED) is 0.293. The smallest absolute Gasteiger partial charge is 0.545 e. The largest absolute Gasteiger partial charge is 2.00 e. The molecule has 0 atom stereocenters. The summed E-state index contributed by atoms with van der Waals surface area (Å²) in [7, 11) is 0. The van der Waals surface area contributed by atoms with Crippen molar-refractivity contribution in [2.75, 3.05) is 13.2 Å². The number of carboxylic acid groups (broad SMARTS) is 2. The number of carbonyl (C=O) groups excluding carboxylic acids is 4. The molecule has 0 fully saturated rings. The molecule has 0 heterocycles. The summed E-state index contributed by atoms with van der Waals surface area (Å²) in [6.07, 6.45) is 3.35. The molecule has 0 N–H and O–H groups in total. The third kappa shape index (κ3) is 10.5. The Hall–Kier alpha value is -2.91. The number of aromatic carboxylic acids is 2. The summed E-state index contributed by atoms with van der Waals surface area (Å²) in [5.41, 5.74) is -0.190. The van der Waals surface area contributed by atoms with Crippen LogP contribution in [0, 0.1) is 0 Å². The van der Waals surface area contributed by atoms with Gasteiger partial charge in [0.25, 0.3) is 0 Å². The topological polar surface area (TPSA) is 133 Å². The molecule has 33 heavy (non-hydrogen) atoms. The van der Waals surface area contributed by atoms with Gasteiger partial charge in [-0.1, -0.05) is 63.1 Å². The van der Waals surface area contributed by atoms with Gasteiger partial charge in [-0.25, -0.2) is 9.59 Å². The van der Waals surface area contributed by atoms with E-state index in [1.165, 1.54) is 36.4 Å². The second-order valence-corrected chi connectivity index (χ2v) is 6.65. The molecule has 0 spiro atoms. The Labute approximate surface area is 209 Å². The minimum atomic E-state index is -1.37. The Morgan fingerprint density at radius 1 is 0.636 bits per heavy atom. The Morgan fingerprint density at radius 3 is 1.21 bits per heavy atom. The average molecular weight is 467 g/mol. The molecule has 0 bridgehead atoms. The predicted molar refractivity (Wildman–Crippen MR) is 118 cm³/mol. The SMILES string of the molecule is CCCCOC(=O)c1ccccc1C(=O)[O-].CCCCOC(=O)c1ccccc1C(=O)[O-].[Mg+2]. The zero-order chi connectivity index (χ0) is 23.9. The van der Waals surface area contributed by atoms with Crippen LogP contribution in [0.2, 0.25) is 0 Å². The number of carbonyl (C=O) groups is 4. The fourth-order valence-electron chi connectivity index (χ4n) is 2.45. The molecular formula is C24H26MgO8. The summed E-state index contributed by atoms with van der Waals surface area (Å²) in [6.45, 7) is 4.55. The molecule has 0 aliphatic carbocycles. The summed E-state index contributed by atoms with van der Waals surface area (Å²) in [6, 6.07) is 11.7. The summed E-state index contributed by atoms with van der Waals surface area (Å²) >= 11 is 0. The standard InChI is InChI=1S/2C12H14O4.Mg/c2*1-2-3-8-16-12(15)10-7-5-4-6-9(10)11(13)14;/h2*4-7H,2-3,8H2,1H3,(H,13,14);/q;;+2/p-2. The van der Waals surface area contributed by atoms with E-state index in [2.05, 4.69) is 0 Å². The molecule has 0 saturated heterocycles. The number of hydrogen-bond donors (Lipinski definition) is 0. The van der Waals surface area contributed by atoms with Crippen LogP contribution >= 0.6 is 0 Å². The van der Waals surface area contributed by atoms with Crippen LogP contribution < -0.4 is 10.2 Å². The molecule has 172 valence electrons. The number of ether oxygens (including phenoxy) is 2. The molecule has 0 unspecified atom stereocenters. The van der Waals surface area contributed by atoms with Crippen LogP contribution in [0.15, 0.2) is 48.5 Å². The maximum atomic E-state index is 11.5.